The largest absolute Gasteiger partial charge is 0.493 e. The summed E-state index contributed by atoms with van der Waals surface area (Å²) in [5.74, 6) is 0.776. The van der Waals surface area contributed by atoms with Gasteiger partial charge in [0.1, 0.15) is 0 Å². The van der Waals surface area contributed by atoms with Crippen molar-refractivity contribution in [1.82, 2.24) is 4.98 Å². The van der Waals surface area contributed by atoms with Gasteiger partial charge in [-0.15, -0.1) is 0 Å². The van der Waals surface area contributed by atoms with Crippen LogP contribution < -0.4 is 10.5 Å². The summed E-state index contributed by atoms with van der Waals surface area (Å²) in [6, 6.07) is 7.48. The normalized spacial score (nSPS) is 10.1. The van der Waals surface area contributed by atoms with Gasteiger partial charge < -0.3 is 14.9 Å². The van der Waals surface area contributed by atoms with E-state index in [1.807, 2.05) is 31.3 Å². The molecule has 0 aliphatic heterocycles. The van der Waals surface area contributed by atoms with Gasteiger partial charge in [-0.3, -0.25) is 14.6 Å². The van der Waals surface area contributed by atoms with Crippen molar-refractivity contribution < 1.29 is 18.7 Å². The molecule has 1 aromatic carbocycles. The van der Waals surface area contributed by atoms with Crippen LogP contribution in [-0.2, 0) is 4.79 Å². The minimum atomic E-state index is -0.125. The molecule has 2 aromatic heterocycles. The van der Waals surface area contributed by atoms with Gasteiger partial charge in [0, 0.05) is 28.5 Å². The number of nitrogens with zero attached hydrogens (tertiary/aromatic N) is 1. The number of fused-ring (bicyclic) bond motifs is 1. The average Bonchev–Trinajstić information content (AvgIpc) is 3.01. The molecule has 7 heteroatoms. The Morgan fingerprint density at radius 3 is 2.60 bits per heavy atom. The third-order valence-corrected chi connectivity index (χ3v) is 4.05. The Hall–Kier alpha value is -2.67. The highest BCUT2D eigenvalue weighted by Gasteiger charge is 2.18. The molecule has 0 saturated heterocycles. The van der Waals surface area contributed by atoms with Crippen molar-refractivity contribution in [3.63, 3.8) is 0 Å². The number of pyridine rings is 1. The van der Waals surface area contributed by atoms with Crippen LogP contribution in [0.5, 0.6) is 5.75 Å². The molecule has 2 N–H and O–H groups in total. The van der Waals surface area contributed by atoms with Gasteiger partial charge in [0.05, 0.1) is 12.8 Å². The van der Waals surface area contributed by atoms with Crippen LogP contribution in [0.1, 0.15) is 23.0 Å². The summed E-state index contributed by atoms with van der Waals surface area (Å²) < 4.78 is 11.9. The lowest BCUT2D eigenvalue weighted by atomic mass is 10.0. The van der Waals surface area contributed by atoms with Gasteiger partial charge in [-0.05, 0) is 52.7 Å². The second-order valence-electron chi connectivity index (χ2n) is 5.20. The minimum Gasteiger partial charge on any atom is -0.493 e. The third kappa shape index (κ3) is 3.88. The van der Waals surface area contributed by atoms with E-state index >= 15 is 0 Å². The number of methoxy groups -OCH3 is 1. The summed E-state index contributed by atoms with van der Waals surface area (Å²) >= 11 is 3.55. The molecule has 0 aliphatic carbocycles. The molecule has 3 aromatic rings. The lowest BCUT2D eigenvalue weighted by Crippen LogP contribution is -1.89. The number of rotatable bonds is 3. The average molecular weight is 405 g/mol. The van der Waals surface area contributed by atoms with Crippen LogP contribution in [0.4, 0.5) is 0 Å². The fraction of sp³-hybridized carbons (Fsp3) is 0.167. The summed E-state index contributed by atoms with van der Waals surface area (Å²) in [5.41, 5.74) is 7.48. The van der Waals surface area contributed by atoms with E-state index in [-0.39, 0.29) is 12.2 Å². The molecule has 0 bridgehead atoms. The maximum Gasteiger partial charge on any atom is 0.204 e. The molecule has 3 rings (SSSR count). The smallest absolute Gasteiger partial charge is 0.204 e. The molecule has 0 atom stereocenters. The Bertz CT molecular complexity index is 934. The summed E-state index contributed by atoms with van der Waals surface area (Å²) in [5, 5.41) is 0.807. The number of halogens is 1. The summed E-state index contributed by atoms with van der Waals surface area (Å²) in [7, 11) is 1.57. The number of furan rings is 1. The molecule has 6 nitrogen and oxygen atoms in total. The zero-order valence-electron chi connectivity index (χ0n) is 14.0. The van der Waals surface area contributed by atoms with E-state index in [9.17, 15) is 4.79 Å². The summed E-state index contributed by atoms with van der Waals surface area (Å²) in [6.45, 7) is 3.46. The minimum absolute atomic E-state index is 0.125. The first-order chi connectivity index (χ1) is 11.9. The zero-order valence-corrected chi connectivity index (χ0v) is 15.6. The highest BCUT2D eigenvalue weighted by Crippen LogP contribution is 2.38. The first-order valence-electron chi connectivity index (χ1n) is 7.32. The lowest BCUT2D eigenvalue weighted by molar-refractivity contribution is -0.106. The highest BCUT2D eigenvalue weighted by atomic mass is 79.9. The Morgan fingerprint density at radius 2 is 2.04 bits per heavy atom. The van der Waals surface area contributed by atoms with Gasteiger partial charge in [-0.1, -0.05) is 0 Å². The Balaban J connectivity index is 0.000000701. The van der Waals surface area contributed by atoms with E-state index in [1.165, 1.54) is 6.92 Å². The highest BCUT2D eigenvalue weighted by molar-refractivity contribution is 9.10. The number of Topliss-reactive ketones (excluding diaryl/α,β-unsaturated/α-hetero) is 1. The fourth-order valence-corrected chi connectivity index (χ4v) is 3.05. The van der Waals surface area contributed by atoms with Gasteiger partial charge in [0.2, 0.25) is 6.41 Å². The molecule has 0 fully saturated rings. The molecule has 130 valence electrons. The van der Waals surface area contributed by atoms with Gasteiger partial charge in [0.15, 0.2) is 22.9 Å². The summed E-state index contributed by atoms with van der Waals surface area (Å²) in [6.07, 6.45) is 2.06. The first-order valence-corrected chi connectivity index (χ1v) is 8.11. The second kappa shape index (κ2) is 7.94. The van der Waals surface area contributed by atoms with Gasteiger partial charge in [-0.2, -0.15) is 0 Å². The second-order valence-corrected chi connectivity index (χ2v) is 6.06. The number of amides is 1. The van der Waals surface area contributed by atoms with Crippen LogP contribution in [0.25, 0.3) is 22.2 Å². The third-order valence-electron chi connectivity index (χ3n) is 3.45. The Morgan fingerprint density at radius 1 is 1.36 bits per heavy atom. The number of nitrogens with two attached hydrogens (primary N) is 1. The molecule has 25 heavy (non-hydrogen) atoms. The van der Waals surface area contributed by atoms with Crippen molar-refractivity contribution in [3.8, 4) is 17.0 Å². The van der Waals surface area contributed by atoms with E-state index in [1.54, 1.807) is 13.2 Å². The first kappa shape index (κ1) is 18.7. The fourth-order valence-electron chi connectivity index (χ4n) is 2.37. The monoisotopic (exact) mass is 404 g/mol. The van der Waals surface area contributed by atoms with Gasteiger partial charge in [0.25, 0.3) is 0 Å². The van der Waals surface area contributed by atoms with E-state index in [0.717, 1.165) is 26.7 Å². The molecule has 0 radical (unpaired) electrons. The molecule has 2 heterocycles. The topological polar surface area (TPSA) is 95.4 Å². The van der Waals surface area contributed by atoms with Crippen LogP contribution in [0.15, 0.2) is 39.4 Å². The SMILES string of the molecule is COc1ccc(-c2ncc(C)cc2Br)c2cc(C(C)=O)oc12.NC=O. The standard InChI is InChI=1S/C17H14BrNO3.CH3NO/c1-9-6-13(18)16(19-8-9)11-4-5-14(21-3)17-12(11)7-15(22-17)10(2)20;2-1-3/h4-8H,1-3H3;1H,(H2,2,3). The van der Waals surface area contributed by atoms with Crippen LogP contribution in [0, 0.1) is 6.92 Å². The number of aryl methyl sites for hydroxylation is 1. The maximum absolute atomic E-state index is 11.6. The van der Waals surface area contributed by atoms with Gasteiger partial charge >= 0.3 is 0 Å². The number of carbonyl (C=O) groups excluding carboxylic acids is 2. The maximum atomic E-state index is 11.6. The molecule has 0 saturated carbocycles. The number of benzene rings is 1. The molecule has 0 spiro atoms. The van der Waals surface area contributed by atoms with Crippen LogP contribution >= 0.6 is 15.9 Å². The number of primary amides is 1. The van der Waals surface area contributed by atoms with Crippen LogP contribution in [0.2, 0.25) is 0 Å². The predicted octanol–water partition coefficient (Wildman–Crippen LogP) is 3.88. The Kier molecular flexibility index (Phi) is 5.93. The number of aromatic nitrogens is 1. The number of hydrogen-bond donors (Lipinski definition) is 1. The zero-order chi connectivity index (χ0) is 18.6. The van der Waals surface area contributed by atoms with Crippen molar-refractivity contribution in [2.24, 2.45) is 5.73 Å². The summed E-state index contributed by atoms with van der Waals surface area (Å²) in [4.78, 5) is 24.7. The predicted molar refractivity (Wildman–Crippen MR) is 98.7 cm³/mol. The Labute approximate surface area is 153 Å². The van der Waals surface area contributed by atoms with Gasteiger partial charge in [-0.25, -0.2) is 0 Å². The van der Waals surface area contributed by atoms with E-state index < -0.39 is 0 Å². The molecule has 0 aliphatic rings. The van der Waals surface area contributed by atoms with E-state index in [0.29, 0.717) is 17.1 Å². The quantitative estimate of drug-likeness (QED) is 0.527. The number of ketones is 1. The van der Waals surface area contributed by atoms with Crippen molar-refractivity contribution in [2.45, 2.75) is 13.8 Å². The number of ether oxygens (including phenoxy) is 1. The van der Waals surface area contributed by atoms with E-state index in [4.69, 9.17) is 13.9 Å². The van der Waals surface area contributed by atoms with Crippen molar-refractivity contribution in [2.75, 3.05) is 7.11 Å². The molecule has 1 amide bonds. The number of carbonyl (C=O) groups is 2. The van der Waals surface area contributed by atoms with Crippen LogP contribution in [0.3, 0.4) is 0 Å². The van der Waals surface area contributed by atoms with Crippen molar-refractivity contribution >= 4 is 39.1 Å². The van der Waals surface area contributed by atoms with Crippen molar-refractivity contribution in [1.29, 1.82) is 0 Å². The van der Waals surface area contributed by atoms with Crippen LogP contribution in [-0.4, -0.2) is 24.3 Å². The lowest BCUT2D eigenvalue weighted by Gasteiger charge is -2.08. The molecular weight excluding hydrogens is 388 g/mol. The molecule has 0 unspecified atom stereocenters. The molecular formula is C18H17BrN2O4. The van der Waals surface area contributed by atoms with Crippen molar-refractivity contribution in [3.05, 3.63) is 46.3 Å². The number of hydrogen-bond acceptors (Lipinski definition) is 5. The van der Waals surface area contributed by atoms with E-state index in [2.05, 4.69) is 26.6 Å².